The molecule has 6 heteroatoms. The Morgan fingerprint density at radius 3 is 2.47 bits per heavy atom. The number of rotatable bonds is 3. The lowest BCUT2D eigenvalue weighted by molar-refractivity contribution is -0.136. The molecule has 0 aromatic heterocycles. The fraction of sp³-hybridized carbons (Fsp3) is 0.846. The normalized spacial score (nSPS) is 23.9. The highest BCUT2D eigenvalue weighted by molar-refractivity contribution is 8.00. The molecule has 0 aliphatic carbocycles. The molecule has 0 N–H and O–H groups in total. The third-order valence-electron chi connectivity index (χ3n) is 3.98. The summed E-state index contributed by atoms with van der Waals surface area (Å²) in [6, 6.07) is 2.43. The van der Waals surface area contributed by atoms with Crippen LogP contribution < -0.4 is 0 Å². The van der Waals surface area contributed by atoms with Crippen LogP contribution in [0.25, 0.3) is 0 Å². The SMILES string of the molecule is CSC1(C#N)CCN(CC(=O)N2CCOCC2)CC1. The van der Waals surface area contributed by atoms with Crippen LogP contribution in [0.3, 0.4) is 0 Å². The van der Waals surface area contributed by atoms with Crippen molar-refractivity contribution >= 4 is 17.7 Å². The van der Waals surface area contributed by atoms with Crippen molar-refractivity contribution in [3.8, 4) is 6.07 Å². The zero-order valence-corrected chi connectivity index (χ0v) is 12.2. The van der Waals surface area contributed by atoms with Crippen molar-refractivity contribution in [2.75, 3.05) is 52.2 Å². The second kappa shape index (κ2) is 6.60. The summed E-state index contributed by atoms with van der Waals surface area (Å²) < 4.78 is 5.01. The second-order valence-electron chi connectivity index (χ2n) is 5.08. The molecule has 0 saturated carbocycles. The summed E-state index contributed by atoms with van der Waals surface area (Å²) >= 11 is 1.64. The van der Waals surface area contributed by atoms with Crippen molar-refractivity contribution < 1.29 is 9.53 Å². The molecular formula is C13H21N3O2S. The van der Waals surface area contributed by atoms with Crippen LogP contribution in [-0.4, -0.2) is 72.6 Å². The Kier molecular flexibility index (Phi) is 5.08. The average molecular weight is 283 g/mol. The molecule has 2 aliphatic heterocycles. The zero-order chi connectivity index (χ0) is 13.7. The lowest BCUT2D eigenvalue weighted by atomic mass is 9.97. The number of piperidine rings is 1. The van der Waals surface area contributed by atoms with Gasteiger partial charge in [0.1, 0.15) is 4.75 Å². The quantitative estimate of drug-likeness (QED) is 0.758. The van der Waals surface area contributed by atoms with Gasteiger partial charge in [-0.3, -0.25) is 9.69 Å². The molecule has 0 aromatic carbocycles. The van der Waals surface area contributed by atoms with E-state index in [0.717, 1.165) is 25.9 Å². The number of carbonyl (C=O) groups excluding carboxylic acids is 1. The average Bonchev–Trinajstić information content (AvgIpc) is 2.49. The molecule has 5 nitrogen and oxygen atoms in total. The highest BCUT2D eigenvalue weighted by atomic mass is 32.2. The maximum Gasteiger partial charge on any atom is 0.236 e. The van der Waals surface area contributed by atoms with E-state index in [4.69, 9.17) is 4.74 Å². The molecule has 0 spiro atoms. The number of hydrogen-bond acceptors (Lipinski definition) is 5. The maximum atomic E-state index is 12.1. The summed E-state index contributed by atoms with van der Waals surface area (Å²) in [5.41, 5.74) is 0. The van der Waals surface area contributed by atoms with Crippen LogP contribution in [-0.2, 0) is 9.53 Å². The first kappa shape index (κ1) is 14.6. The molecule has 19 heavy (non-hydrogen) atoms. The van der Waals surface area contributed by atoms with Gasteiger partial charge in [-0.05, 0) is 19.1 Å². The van der Waals surface area contributed by atoms with Gasteiger partial charge in [0, 0.05) is 26.2 Å². The van der Waals surface area contributed by atoms with Crippen LogP contribution in [0.15, 0.2) is 0 Å². The minimum Gasteiger partial charge on any atom is -0.378 e. The first-order chi connectivity index (χ1) is 9.19. The fourth-order valence-electron chi connectivity index (χ4n) is 2.54. The first-order valence-corrected chi connectivity index (χ1v) is 7.96. The predicted octanol–water partition coefficient (Wildman–Crippen LogP) is 0.566. The molecule has 0 bridgehead atoms. The Balaban J connectivity index is 1.79. The van der Waals surface area contributed by atoms with Gasteiger partial charge in [0.05, 0.1) is 25.8 Å². The molecule has 2 rings (SSSR count). The van der Waals surface area contributed by atoms with Gasteiger partial charge in [0.25, 0.3) is 0 Å². The monoisotopic (exact) mass is 283 g/mol. The van der Waals surface area contributed by atoms with E-state index in [0.29, 0.717) is 32.8 Å². The van der Waals surface area contributed by atoms with Crippen molar-refractivity contribution in [1.82, 2.24) is 9.80 Å². The third-order valence-corrected chi connectivity index (χ3v) is 5.26. The predicted molar refractivity (Wildman–Crippen MR) is 74.9 cm³/mol. The van der Waals surface area contributed by atoms with Crippen molar-refractivity contribution in [3.63, 3.8) is 0 Å². The Morgan fingerprint density at radius 1 is 1.32 bits per heavy atom. The Labute approximate surface area is 118 Å². The number of nitrogens with zero attached hydrogens (tertiary/aromatic N) is 3. The fourth-order valence-corrected chi connectivity index (χ4v) is 3.22. The van der Waals surface area contributed by atoms with E-state index in [2.05, 4.69) is 11.0 Å². The molecule has 2 fully saturated rings. The van der Waals surface area contributed by atoms with E-state index in [1.807, 2.05) is 11.2 Å². The van der Waals surface area contributed by atoms with Crippen LogP contribution in [0, 0.1) is 11.3 Å². The minimum absolute atomic E-state index is 0.192. The third kappa shape index (κ3) is 3.62. The Morgan fingerprint density at radius 2 is 1.95 bits per heavy atom. The molecule has 2 saturated heterocycles. The van der Waals surface area contributed by atoms with E-state index in [-0.39, 0.29) is 10.7 Å². The minimum atomic E-state index is -0.238. The summed E-state index contributed by atoms with van der Waals surface area (Å²) in [5.74, 6) is 0.192. The van der Waals surface area contributed by atoms with Gasteiger partial charge in [-0.15, -0.1) is 11.8 Å². The molecule has 2 heterocycles. The highest BCUT2D eigenvalue weighted by Gasteiger charge is 2.34. The van der Waals surface area contributed by atoms with Crippen molar-refractivity contribution in [1.29, 1.82) is 5.26 Å². The second-order valence-corrected chi connectivity index (χ2v) is 6.27. The van der Waals surface area contributed by atoms with Crippen LogP contribution >= 0.6 is 11.8 Å². The topological polar surface area (TPSA) is 56.6 Å². The van der Waals surface area contributed by atoms with E-state index < -0.39 is 0 Å². The van der Waals surface area contributed by atoms with E-state index in [1.165, 1.54) is 0 Å². The maximum absolute atomic E-state index is 12.1. The number of amides is 1. The number of morpholine rings is 1. The lowest BCUT2D eigenvalue weighted by Gasteiger charge is -2.37. The standard InChI is InChI=1S/C13H21N3O2S/c1-19-13(11-14)2-4-15(5-3-13)10-12(17)16-6-8-18-9-7-16/h2-10H2,1H3. The van der Waals surface area contributed by atoms with Gasteiger partial charge >= 0.3 is 0 Å². The highest BCUT2D eigenvalue weighted by Crippen LogP contribution is 2.33. The van der Waals surface area contributed by atoms with Gasteiger partial charge < -0.3 is 9.64 Å². The van der Waals surface area contributed by atoms with Crippen LogP contribution in [0.4, 0.5) is 0 Å². The summed E-state index contributed by atoms with van der Waals surface area (Å²) in [6.45, 7) is 4.87. The molecule has 1 amide bonds. The molecular weight excluding hydrogens is 262 g/mol. The van der Waals surface area contributed by atoms with Crippen molar-refractivity contribution in [2.24, 2.45) is 0 Å². The molecule has 0 atom stereocenters. The van der Waals surface area contributed by atoms with E-state index in [9.17, 15) is 10.1 Å². The van der Waals surface area contributed by atoms with Gasteiger partial charge in [0.15, 0.2) is 0 Å². The lowest BCUT2D eigenvalue weighted by Crippen LogP contribution is -2.49. The number of ether oxygens (including phenoxy) is 1. The van der Waals surface area contributed by atoms with Gasteiger partial charge in [0.2, 0.25) is 5.91 Å². The van der Waals surface area contributed by atoms with Crippen LogP contribution in [0.2, 0.25) is 0 Å². The molecule has 106 valence electrons. The van der Waals surface area contributed by atoms with Gasteiger partial charge in [-0.1, -0.05) is 0 Å². The summed E-state index contributed by atoms with van der Waals surface area (Å²) in [6.07, 6.45) is 3.69. The van der Waals surface area contributed by atoms with Crippen LogP contribution in [0.5, 0.6) is 0 Å². The number of hydrogen-bond donors (Lipinski definition) is 0. The smallest absolute Gasteiger partial charge is 0.236 e. The van der Waals surface area contributed by atoms with Gasteiger partial charge in [-0.25, -0.2) is 0 Å². The van der Waals surface area contributed by atoms with Crippen molar-refractivity contribution in [2.45, 2.75) is 17.6 Å². The Hall–Kier alpha value is -0.770. The molecule has 0 aromatic rings. The summed E-state index contributed by atoms with van der Waals surface area (Å²) in [5, 5.41) is 9.24. The van der Waals surface area contributed by atoms with E-state index >= 15 is 0 Å². The summed E-state index contributed by atoms with van der Waals surface area (Å²) in [7, 11) is 0. The number of nitriles is 1. The van der Waals surface area contributed by atoms with Gasteiger partial charge in [-0.2, -0.15) is 5.26 Å². The Bertz CT molecular complexity index is 355. The molecule has 2 aliphatic rings. The first-order valence-electron chi connectivity index (χ1n) is 6.73. The number of carbonyl (C=O) groups is 1. The summed E-state index contributed by atoms with van der Waals surface area (Å²) in [4.78, 5) is 16.2. The number of likely N-dealkylation sites (tertiary alicyclic amines) is 1. The van der Waals surface area contributed by atoms with E-state index in [1.54, 1.807) is 11.8 Å². The number of thioether (sulfide) groups is 1. The van der Waals surface area contributed by atoms with Crippen LogP contribution in [0.1, 0.15) is 12.8 Å². The molecule has 0 radical (unpaired) electrons. The zero-order valence-electron chi connectivity index (χ0n) is 11.4. The van der Waals surface area contributed by atoms with Crippen molar-refractivity contribution in [3.05, 3.63) is 0 Å². The molecule has 0 unspecified atom stereocenters. The largest absolute Gasteiger partial charge is 0.378 e.